The summed E-state index contributed by atoms with van der Waals surface area (Å²) in [6.07, 6.45) is 2.09. The highest BCUT2D eigenvalue weighted by atomic mass is 16.2. The zero-order chi connectivity index (χ0) is 19.8. The van der Waals surface area contributed by atoms with Crippen LogP contribution in [0.1, 0.15) is 52.4 Å². The number of amides is 1. The van der Waals surface area contributed by atoms with Gasteiger partial charge in [0.2, 0.25) is 0 Å². The lowest BCUT2D eigenvalue weighted by molar-refractivity contribution is 0.0987. The number of rotatable bonds is 4. The van der Waals surface area contributed by atoms with Crippen LogP contribution in [0.4, 0.5) is 5.69 Å². The highest BCUT2D eigenvalue weighted by molar-refractivity contribution is 6.07. The number of nitrogens with zero attached hydrogens (tertiary/aromatic N) is 1. The van der Waals surface area contributed by atoms with Crippen molar-refractivity contribution >= 4 is 11.6 Å². The molecule has 1 heterocycles. The molecule has 0 spiro atoms. The number of benzene rings is 3. The third-order valence-electron chi connectivity index (χ3n) is 6.36. The quantitative estimate of drug-likeness (QED) is 0.681. The molecule has 3 atom stereocenters. The SMILES string of the molecule is C[C@H](NC1Cc2cccc3c2C(C1)CN3C(=O)c1ccccc1)c1ccccc1. The smallest absolute Gasteiger partial charge is 0.258 e. The second-order valence-corrected chi connectivity index (χ2v) is 8.26. The van der Waals surface area contributed by atoms with E-state index in [9.17, 15) is 4.79 Å². The van der Waals surface area contributed by atoms with Gasteiger partial charge < -0.3 is 10.2 Å². The van der Waals surface area contributed by atoms with E-state index in [2.05, 4.69) is 60.8 Å². The number of carbonyl (C=O) groups excluding carboxylic acids is 1. The molecule has 0 radical (unpaired) electrons. The topological polar surface area (TPSA) is 32.3 Å². The minimum atomic E-state index is 0.107. The molecule has 2 unspecified atom stereocenters. The monoisotopic (exact) mass is 382 g/mol. The lowest BCUT2D eigenvalue weighted by Crippen LogP contribution is -2.38. The van der Waals surface area contributed by atoms with Crippen LogP contribution < -0.4 is 10.2 Å². The fourth-order valence-corrected chi connectivity index (χ4v) is 5.03. The number of anilines is 1. The van der Waals surface area contributed by atoms with Crippen LogP contribution in [0.5, 0.6) is 0 Å². The summed E-state index contributed by atoms with van der Waals surface area (Å²) < 4.78 is 0. The number of carbonyl (C=O) groups is 1. The van der Waals surface area contributed by atoms with E-state index in [1.54, 1.807) is 0 Å². The van der Waals surface area contributed by atoms with E-state index in [4.69, 9.17) is 0 Å². The average Bonchev–Trinajstić information content (AvgIpc) is 3.14. The predicted molar refractivity (Wildman–Crippen MR) is 117 cm³/mol. The maximum atomic E-state index is 13.2. The summed E-state index contributed by atoms with van der Waals surface area (Å²) in [5.41, 5.74) is 5.97. The Morgan fingerprint density at radius 2 is 1.69 bits per heavy atom. The van der Waals surface area contributed by atoms with Gasteiger partial charge in [-0.2, -0.15) is 0 Å². The van der Waals surface area contributed by atoms with Crippen LogP contribution >= 0.6 is 0 Å². The van der Waals surface area contributed by atoms with Gasteiger partial charge in [0, 0.05) is 35.8 Å². The van der Waals surface area contributed by atoms with Crippen molar-refractivity contribution in [3.8, 4) is 0 Å². The minimum Gasteiger partial charge on any atom is -0.307 e. The summed E-state index contributed by atoms with van der Waals surface area (Å²) in [6.45, 7) is 3.01. The van der Waals surface area contributed by atoms with Crippen LogP contribution in [0.2, 0.25) is 0 Å². The molecule has 29 heavy (non-hydrogen) atoms. The molecule has 1 aliphatic carbocycles. The molecule has 0 aromatic heterocycles. The van der Waals surface area contributed by atoms with Crippen LogP contribution in [0, 0.1) is 0 Å². The molecule has 3 aromatic rings. The van der Waals surface area contributed by atoms with E-state index >= 15 is 0 Å². The van der Waals surface area contributed by atoms with E-state index in [1.807, 2.05) is 35.2 Å². The predicted octanol–water partition coefficient (Wildman–Crippen LogP) is 5.10. The molecule has 2 aliphatic rings. The summed E-state index contributed by atoms with van der Waals surface area (Å²) in [4.78, 5) is 15.1. The Morgan fingerprint density at radius 1 is 0.966 bits per heavy atom. The van der Waals surface area contributed by atoms with Crippen LogP contribution in [0.3, 0.4) is 0 Å². The fraction of sp³-hybridized carbons (Fsp3) is 0.269. The minimum absolute atomic E-state index is 0.107. The third-order valence-corrected chi connectivity index (χ3v) is 6.36. The average molecular weight is 383 g/mol. The molecular formula is C26H26N2O. The molecule has 5 rings (SSSR count). The van der Waals surface area contributed by atoms with Gasteiger partial charge in [0.25, 0.3) is 5.91 Å². The molecule has 3 nitrogen and oxygen atoms in total. The van der Waals surface area contributed by atoms with Crippen molar-refractivity contribution < 1.29 is 4.79 Å². The highest BCUT2D eigenvalue weighted by Crippen LogP contribution is 2.45. The molecule has 1 amide bonds. The molecule has 1 N–H and O–H groups in total. The van der Waals surface area contributed by atoms with E-state index in [1.165, 1.54) is 16.7 Å². The lowest BCUT2D eigenvalue weighted by atomic mass is 9.81. The molecule has 0 saturated heterocycles. The van der Waals surface area contributed by atoms with Gasteiger partial charge >= 0.3 is 0 Å². The molecular weight excluding hydrogens is 356 g/mol. The van der Waals surface area contributed by atoms with Crippen molar-refractivity contribution in [1.82, 2.24) is 5.32 Å². The molecule has 0 fully saturated rings. The Bertz CT molecular complexity index is 1020. The first-order valence-corrected chi connectivity index (χ1v) is 10.5. The summed E-state index contributed by atoms with van der Waals surface area (Å²) >= 11 is 0. The standard InChI is InChI=1S/C26H26N2O/c1-18(19-9-4-2-5-10-19)27-23-15-21-13-8-14-24-25(21)22(16-23)17-28(24)26(29)20-11-6-3-7-12-20/h2-14,18,22-23,27H,15-17H2,1H3/t18-,22?,23?/m0/s1. The normalized spacial score (nSPS) is 20.9. The molecule has 3 aromatic carbocycles. The van der Waals surface area contributed by atoms with Crippen LogP contribution in [0.15, 0.2) is 78.9 Å². The summed E-state index contributed by atoms with van der Waals surface area (Å²) in [7, 11) is 0. The van der Waals surface area contributed by atoms with Gasteiger partial charge in [0.15, 0.2) is 0 Å². The number of hydrogen-bond acceptors (Lipinski definition) is 2. The van der Waals surface area contributed by atoms with Gasteiger partial charge in [0.1, 0.15) is 0 Å². The molecule has 0 saturated carbocycles. The Hall–Kier alpha value is -2.91. The largest absolute Gasteiger partial charge is 0.307 e. The van der Waals surface area contributed by atoms with Gasteiger partial charge in [-0.15, -0.1) is 0 Å². The summed E-state index contributed by atoms with van der Waals surface area (Å²) in [5.74, 6) is 0.513. The number of nitrogens with one attached hydrogen (secondary N) is 1. The Labute approximate surface area is 172 Å². The Kier molecular flexibility index (Phi) is 4.69. The number of hydrogen-bond donors (Lipinski definition) is 1. The van der Waals surface area contributed by atoms with E-state index in [0.29, 0.717) is 18.0 Å². The molecule has 1 aliphatic heterocycles. The van der Waals surface area contributed by atoms with Crippen molar-refractivity contribution in [2.45, 2.75) is 37.8 Å². The maximum absolute atomic E-state index is 13.2. The summed E-state index contributed by atoms with van der Waals surface area (Å²) in [6, 6.07) is 27.4. The van der Waals surface area contributed by atoms with Gasteiger partial charge in [0.05, 0.1) is 0 Å². The van der Waals surface area contributed by atoms with E-state index in [-0.39, 0.29) is 5.91 Å². The zero-order valence-electron chi connectivity index (χ0n) is 16.7. The van der Waals surface area contributed by atoms with Crippen LogP contribution in [-0.4, -0.2) is 18.5 Å². The van der Waals surface area contributed by atoms with Gasteiger partial charge in [-0.05, 0) is 54.7 Å². The third kappa shape index (κ3) is 3.36. The first-order chi connectivity index (χ1) is 14.2. The van der Waals surface area contributed by atoms with Crippen molar-refractivity contribution in [1.29, 1.82) is 0 Å². The van der Waals surface area contributed by atoms with Crippen LogP contribution in [-0.2, 0) is 6.42 Å². The highest BCUT2D eigenvalue weighted by Gasteiger charge is 2.39. The second-order valence-electron chi connectivity index (χ2n) is 8.26. The van der Waals surface area contributed by atoms with Crippen molar-refractivity contribution in [3.63, 3.8) is 0 Å². The first kappa shape index (κ1) is 18.1. The maximum Gasteiger partial charge on any atom is 0.258 e. The lowest BCUT2D eigenvalue weighted by Gasteiger charge is -2.31. The van der Waals surface area contributed by atoms with Crippen molar-refractivity contribution in [3.05, 3.63) is 101 Å². The molecule has 3 heteroatoms. The molecule has 146 valence electrons. The van der Waals surface area contributed by atoms with Gasteiger partial charge in [-0.3, -0.25) is 4.79 Å². The van der Waals surface area contributed by atoms with Gasteiger partial charge in [-0.25, -0.2) is 0 Å². The Balaban J connectivity index is 1.38. The molecule has 0 bridgehead atoms. The first-order valence-electron chi connectivity index (χ1n) is 10.5. The summed E-state index contributed by atoms with van der Waals surface area (Å²) in [5, 5.41) is 3.84. The van der Waals surface area contributed by atoms with E-state index in [0.717, 1.165) is 30.6 Å². The van der Waals surface area contributed by atoms with Crippen LogP contribution in [0.25, 0.3) is 0 Å². The van der Waals surface area contributed by atoms with Crippen molar-refractivity contribution in [2.24, 2.45) is 0 Å². The van der Waals surface area contributed by atoms with Gasteiger partial charge in [-0.1, -0.05) is 60.7 Å². The Morgan fingerprint density at radius 3 is 2.45 bits per heavy atom. The zero-order valence-corrected chi connectivity index (χ0v) is 16.7. The van der Waals surface area contributed by atoms with Crippen molar-refractivity contribution in [2.75, 3.05) is 11.4 Å². The van der Waals surface area contributed by atoms with E-state index < -0.39 is 0 Å². The second kappa shape index (κ2) is 7.49. The fourth-order valence-electron chi connectivity index (χ4n) is 5.03.